The van der Waals surface area contributed by atoms with E-state index >= 15 is 0 Å². The van der Waals surface area contributed by atoms with E-state index < -0.39 is 73.6 Å². The third-order valence-electron chi connectivity index (χ3n) is 7.78. The van der Waals surface area contributed by atoms with Gasteiger partial charge in [-0.25, -0.2) is 9.97 Å². The quantitative estimate of drug-likeness (QED) is 0.0526. The number of ether oxygens (including phenoxy) is 5. The van der Waals surface area contributed by atoms with Gasteiger partial charge in [0.15, 0.2) is 24.7 Å². The predicted octanol–water partition coefficient (Wildman–Crippen LogP) is -0.0137. The molecule has 6 rings (SSSR count). The second-order valence-corrected chi connectivity index (χ2v) is 13.8. The second kappa shape index (κ2) is 23.1. The minimum Gasteiger partial charge on any atom is -0.662 e. The maximum absolute atomic E-state index is 11.8. The standard InChI is InChI=1S/C18H17Cl3N2O7.C12H11Cl3N2O4.CH2O3.2Na/c1-7(24)27-6-14-15(28-8(2)25)16(29-9(3)26)17(30-14)23-13-5-11(20)10(19)4-12(13)22-18(23)21;13-4-1-6-7(2-5(4)14)17(12(15)16-6)11-10(20)9(19)8(3-18)21-11;2-1-4-3;;/h4-5,14-17H,6H2,1-3H3;1-2,8-11,18-20H,3H2;1,3H;;/q;;;;+1/p-1/t14-,15?,16-,17+;8-,9?,10-,11+;;;/m00.../s1. The minimum atomic E-state index is -1.26. The zero-order chi connectivity index (χ0) is 40.9. The molecule has 2 aliphatic heterocycles. The van der Waals surface area contributed by atoms with Gasteiger partial charge in [-0.05, 0) is 47.5 Å². The summed E-state index contributed by atoms with van der Waals surface area (Å²) in [5, 5.41) is 38.7. The van der Waals surface area contributed by atoms with Crippen molar-refractivity contribution in [1.82, 2.24) is 19.1 Å². The number of benzene rings is 2. The van der Waals surface area contributed by atoms with Crippen molar-refractivity contribution < 1.29 is 97.9 Å². The van der Waals surface area contributed by atoms with Crippen LogP contribution in [0.5, 0.6) is 0 Å². The number of aromatic nitrogens is 4. The molecule has 18 nitrogen and oxygen atoms in total. The van der Waals surface area contributed by atoms with Gasteiger partial charge < -0.3 is 49.1 Å². The Morgan fingerprint density at radius 1 is 0.754 bits per heavy atom. The van der Waals surface area contributed by atoms with Crippen LogP contribution in [0.1, 0.15) is 33.2 Å². The average molecular weight is 940 g/mol. The van der Waals surface area contributed by atoms with Gasteiger partial charge in [0.2, 0.25) is 10.6 Å². The molecule has 0 saturated carbocycles. The molecule has 0 amide bonds. The van der Waals surface area contributed by atoms with E-state index in [0.29, 0.717) is 32.1 Å². The molecule has 3 N–H and O–H groups in total. The van der Waals surface area contributed by atoms with Crippen LogP contribution in [-0.4, -0.2) is 138 Å². The molecule has 4 heterocycles. The summed E-state index contributed by atoms with van der Waals surface area (Å²) >= 11 is 36.5. The van der Waals surface area contributed by atoms with Gasteiger partial charge in [-0.1, -0.05) is 46.4 Å². The SMILES string of the molecule is CC(=O)OC[C@@H]1O[C@@H](n2c(Cl)nc3cc(Cl)c(Cl)cc32)[C@@H](OC(C)=O)C1OC(C)=O.O=CO[O-].OC[C@@H]1O[C@@H](n2c(Cl)nc3cc(Cl)c(Cl)cc32)[C@@H](O)C1O.[Na+].[Na]. The van der Waals surface area contributed by atoms with Crippen molar-refractivity contribution in [2.45, 2.75) is 69.9 Å². The first-order valence-corrected chi connectivity index (χ1v) is 17.7. The Morgan fingerprint density at radius 2 is 1.18 bits per heavy atom. The summed E-state index contributed by atoms with van der Waals surface area (Å²) < 4.78 is 30.0. The number of carbonyl (C=O) groups excluding carboxylic acids is 4. The average Bonchev–Trinajstić information content (AvgIpc) is 3.80. The molecule has 2 aromatic heterocycles. The number of imidazole rings is 2. The van der Waals surface area contributed by atoms with E-state index in [2.05, 4.69) is 14.9 Å². The van der Waals surface area contributed by atoms with Crippen molar-refractivity contribution >= 4 is 146 Å². The third-order valence-corrected chi connectivity index (χ3v) is 9.76. The van der Waals surface area contributed by atoms with E-state index in [1.165, 1.54) is 42.0 Å². The molecule has 4 aromatic rings. The number of halogens is 6. The molecule has 26 heteroatoms. The van der Waals surface area contributed by atoms with Crippen LogP contribution in [0.4, 0.5) is 0 Å². The summed E-state index contributed by atoms with van der Waals surface area (Å²) in [5.74, 6) is -1.83. The predicted molar refractivity (Wildman–Crippen MR) is 197 cm³/mol. The first-order chi connectivity index (χ1) is 25.9. The zero-order valence-corrected chi connectivity index (χ0v) is 38.8. The first-order valence-electron chi connectivity index (χ1n) is 15.5. The summed E-state index contributed by atoms with van der Waals surface area (Å²) in [4.78, 5) is 54.3. The third kappa shape index (κ3) is 12.4. The van der Waals surface area contributed by atoms with Crippen LogP contribution >= 0.6 is 69.6 Å². The van der Waals surface area contributed by atoms with E-state index in [1.54, 1.807) is 12.1 Å². The fourth-order valence-corrected chi connectivity index (χ4v) is 6.79. The Bertz CT molecular complexity index is 2060. The Balaban J connectivity index is 0.000000364. The number of carbonyl (C=O) groups is 4. The molecule has 0 aliphatic carbocycles. The monoisotopic (exact) mass is 937 g/mol. The Kier molecular flexibility index (Phi) is 21.0. The largest absolute Gasteiger partial charge is 1.00 e. The van der Waals surface area contributed by atoms with Gasteiger partial charge in [-0.3, -0.25) is 28.3 Å². The molecule has 2 saturated heterocycles. The van der Waals surface area contributed by atoms with Crippen LogP contribution in [0.3, 0.4) is 0 Å². The van der Waals surface area contributed by atoms with E-state index in [9.17, 15) is 24.6 Å². The van der Waals surface area contributed by atoms with Gasteiger partial charge in [0.25, 0.3) is 6.47 Å². The molecule has 1 radical (unpaired) electrons. The van der Waals surface area contributed by atoms with Crippen LogP contribution in [0.25, 0.3) is 22.1 Å². The molecule has 2 fully saturated rings. The van der Waals surface area contributed by atoms with Crippen molar-refractivity contribution in [2.24, 2.45) is 0 Å². The molecule has 301 valence electrons. The Hall–Kier alpha value is -1.24. The summed E-state index contributed by atoms with van der Waals surface area (Å²) in [6.45, 7) is 2.78. The van der Waals surface area contributed by atoms with E-state index in [-0.39, 0.29) is 92.8 Å². The smallest absolute Gasteiger partial charge is 0.662 e. The maximum atomic E-state index is 11.8. The Labute approximate surface area is 396 Å². The van der Waals surface area contributed by atoms with Gasteiger partial charge in [-0.15, -0.1) is 0 Å². The zero-order valence-electron chi connectivity index (χ0n) is 30.3. The number of fused-ring (bicyclic) bond motifs is 2. The van der Waals surface area contributed by atoms with Crippen molar-refractivity contribution in [3.05, 3.63) is 54.9 Å². The number of rotatable bonds is 8. The van der Waals surface area contributed by atoms with Crippen LogP contribution in [0.2, 0.25) is 30.7 Å². The number of aliphatic hydroxyl groups is 3. The molecule has 2 unspecified atom stereocenters. The molecule has 0 spiro atoms. The Morgan fingerprint density at radius 3 is 1.58 bits per heavy atom. The van der Waals surface area contributed by atoms with E-state index in [4.69, 9.17) is 108 Å². The van der Waals surface area contributed by atoms with Gasteiger partial charge in [0.05, 0.1) is 48.8 Å². The second-order valence-electron chi connectivity index (χ2n) is 11.4. The van der Waals surface area contributed by atoms with E-state index in [1.807, 2.05) is 0 Å². The van der Waals surface area contributed by atoms with Crippen molar-refractivity contribution in [2.75, 3.05) is 13.2 Å². The van der Waals surface area contributed by atoms with Crippen molar-refractivity contribution in [3.8, 4) is 0 Å². The van der Waals surface area contributed by atoms with Crippen LogP contribution < -0.4 is 34.8 Å². The minimum absolute atomic E-state index is 0. The first kappa shape index (κ1) is 51.9. The van der Waals surface area contributed by atoms with Gasteiger partial charge >= 0.3 is 47.5 Å². The molecule has 2 aliphatic rings. The summed E-state index contributed by atoms with van der Waals surface area (Å²) in [5.41, 5.74) is 1.86. The molecule has 8 atom stereocenters. The number of hydrogen-bond acceptors (Lipinski definition) is 16. The van der Waals surface area contributed by atoms with Gasteiger partial charge in [-0.2, -0.15) is 0 Å². The molecule has 57 heavy (non-hydrogen) atoms. The van der Waals surface area contributed by atoms with Crippen LogP contribution in [-0.2, 0) is 47.8 Å². The topological polar surface area (TPSA) is 243 Å². The fourth-order valence-electron chi connectivity index (χ4n) is 5.60. The maximum Gasteiger partial charge on any atom is 1.00 e. The normalized spacial score (nSPS) is 23.5. The number of nitrogens with zero attached hydrogens (tertiary/aromatic N) is 4. The van der Waals surface area contributed by atoms with Crippen LogP contribution in [0, 0.1) is 0 Å². The number of hydrogen-bond donors (Lipinski definition) is 3. The van der Waals surface area contributed by atoms with Gasteiger partial charge in [0, 0.05) is 50.3 Å². The van der Waals surface area contributed by atoms with Crippen molar-refractivity contribution in [1.29, 1.82) is 0 Å². The number of aliphatic hydroxyl groups excluding tert-OH is 3. The number of esters is 3. The molecular weight excluding hydrogens is 911 g/mol. The van der Waals surface area contributed by atoms with E-state index in [0.717, 1.165) is 0 Å². The van der Waals surface area contributed by atoms with Gasteiger partial charge in [0.1, 0.15) is 31.0 Å². The van der Waals surface area contributed by atoms with Crippen molar-refractivity contribution in [3.63, 3.8) is 0 Å². The molecular formula is C31H29Cl6N4Na2O14. The molecule has 2 aromatic carbocycles. The summed E-state index contributed by atoms with van der Waals surface area (Å²) in [7, 11) is 0. The fraction of sp³-hybridized carbons (Fsp3) is 0.419. The summed E-state index contributed by atoms with van der Waals surface area (Å²) in [6, 6.07) is 6.15. The molecule has 0 bridgehead atoms. The van der Waals surface area contributed by atoms with Crippen LogP contribution in [0.15, 0.2) is 24.3 Å². The summed E-state index contributed by atoms with van der Waals surface area (Å²) in [6.07, 6.45) is -8.50.